The molecule has 1 atom stereocenters. The third-order valence-electron chi connectivity index (χ3n) is 4.09. The zero-order valence-electron chi connectivity index (χ0n) is 13.5. The molecule has 1 heterocycles. The number of hydrogen-bond donors (Lipinski definition) is 1. The van der Waals surface area contributed by atoms with Gasteiger partial charge in [0.2, 0.25) is 0 Å². The van der Waals surface area contributed by atoms with E-state index in [1.54, 1.807) is 0 Å². The summed E-state index contributed by atoms with van der Waals surface area (Å²) in [4.78, 5) is 0. The molecule has 0 radical (unpaired) electrons. The van der Waals surface area contributed by atoms with Gasteiger partial charge in [0.05, 0.1) is 6.20 Å². The lowest BCUT2D eigenvalue weighted by Crippen LogP contribution is -2.22. The van der Waals surface area contributed by atoms with Crippen LogP contribution in [0.2, 0.25) is 0 Å². The van der Waals surface area contributed by atoms with Gasteiger partial charge in [-0.3, -0.25) is 4.68 Å². The molecule has 0 spiro atoms. The van der Waals surface area contributed by atoms with E-state index in [-0.39, 0.29) is 0 Å². The fourth-order valence-corrected chi connectivity index (χ4v) is 2.70. The van der Waals surface area contributed by atoms with Crippen LogP contribution in [0.25, 0.3) is 0 Å². The van der Waals surface area contributed by atoms with Gasteiger partial charge in [-0.25, -0.2) is 0 Å². The highest BCUT2D eigenvalue weighted by Crippen LogP contribution is 2.22. The van der Waals surface area contributed by atoms with Crippen LogP contribution < -0.4 is 5.32 Å². The number of hydrogen-bond acceptors (Lipinski definition) is 2. The number of aryl methyl sites for hydroxylation is 2. The van der Waals surface area contributed by atoms with Crippen molar-refractivity contribution in [3.8, 4) is 0 Å². The molecule has 1 aromatic carbocycles. The van der Waals surface area contributed by atoms with Gasteiger partial charge in [0.25, 0.3) is 0 Å². The van der Waals surface area contributed by atoms with Crippen LogP contribution in [0, 0.1) is 6.92 Å². The number of aromatic nitrogens is 2. The lowest BCUT2D eigenvalue weighted by Gasteiger charge is -2.18. The van der Waals surface area contributed by atoms with Crippen molar-refractivity contribution in [2.24, 2.45) is 7.05 Å². The fourth-order valence-electron chi connectivity index (χ4n) is 2.70. The molecule has 0 fully saturated rings. The number of nitrogens with zero attached hydrogens (tertiary/aromatic N) is 2. The second kappa shape index (κ2) is 7.99. The third kappa shape index (κ3) is 4.43. The predicted molar refractivity (Wildman–Crippen MR) is 88.4 cm³/mol. The molecule has 0 aliphatic carbocycles. The third-order valence-corrected chi connectivity index (χ3v) is 4.09. The zero-order chi connectivity index (χ0) is 15.1. The van der Waals surface area contributed by atoms with E-state index in [0.29, 0.717) is 6.04 Å². The highest BCUT2D eigenvalue weighted by Gasteiger charge is 2.15. The maximum atomic E-state index is 4.39. The van der Waals surface area contributed by atoms with Gasteiger partial charge in [-0.05, 0) is 44.7 Å². The van der Waals surface area contributed by atoms with E-state index < -0.39 is 0 Å². The quantitative estimate of drug-likeness (QED) is 0.799. The van der Waals surface area contributed by atoms with Crippen LogP contribution in [0.3, 0.4) is 0 Å². The summed E-state index contributed by atoms with van der Waals surface area (Å²) in [6, 6.07) is 11.2. The number of nitrogens with one attached hydrogen (secondary N) is 1. The molecule has 0 aliphatic heterocycles. The summed E-state index contributed by atoms with van der Waals surface area (Å²) in [5.74, 6) is 0. The van der Waals surface area contributed by atoms with Crippen molar-refractivity contribution in [1.29, 1.82) is 0 Å². The zero-order valence-corrected chi connectivity index (χ0v) is 13.5. The normalized spacial score (nSPS) is 12.5. The van der Waals surface area contributed by atoms with Crippen LogP contribution in [0.15, 0.2) is 36.5 Å². The molecule has 0 bridgehead atoms. The van der Waals surface area contributed by atoms with Crippen LogP contribution in [-0.4, -0.2) is 16.3 Å². The molecule has 2 rings (SSSR count). The Morgan fingerprint density at radius 1 is 1.24 bits per heavy atom. The summed E-state index contributed by atoms with van der Waals surface area (Å²) in [7, 11) is 2.01. The van der Waals surface area contributed by atoms with Gasteiger partial charge < -0.3 is 5.32 Å². The summed E-state index contributed by atoms with van der Waals surface area (Å²) in [6.07, 6.45) is 6.67. The highest BCUT2D eigenvalue weighted by atomic mass is 15.3. The smallest absolute Gasteiger partial charge is 0.0540 e. The van der Waals surface area contributed by atoms with Crippen molar-refractivity contribution in [2.75, 3.05) is 6.54 Å². The summed E-state index contributed by atoms with van der Waals surface area (Å²) >= 11 is 0. The lowest BCUT2D eigenvalue weighted by atomic mass is 9.99. The molecule has 0 aliphatic rings. The molecule has 0 saturated carbocycles. The molecular weight excluding hydrogens is 258 g/mol. The highest BCUT2D eigenvalue weighted by molar-refractivity contribution is 5.21. The molecule has 1 unspecified atom stereocenters. The van der Waals surface area contributed by atoms with E-state index >= 15 is 0 Å². The predicted octanol–water partition coefficient (Wildman–Crippen LogP) is 3.79. The SMILES string of the molecule is CCCNC(CCCc1ccccc1)c1cnn(C)c1C. The van der Waals surface area contributed by atoms with Gasteiger partial charge in [-0.15, -0.1) is 0 Å². The Labute approximate surface area is 128 Å². The Balaban J connectivity index is 1.95. The standard InChI is InChI=1S/C18H27N3/c1-4-13-19-18(17-14-20-21(3)15(17)2)12-8-11-16-9-6-5-7-10-16/h5-7,9-10,14,18-19H,4,8,11-13H2,1-3H3. The first-order valence-corrected chi connectivity index (χ1v) is 7.98. The first kappa shape index (κ1) is 15.8. The minimum Gasteiger partial charge on any atom is -0.310 e. The van der Waals surface area contributed by atoms with Crippen molar-refractivity contribution < 1.29 is 0 Å². The van der Waals surface area contributed by atoms with Crippen LogP contribution in [0.1, 0.15) is 49.0 Å². The Bertz CT molecular complexity index is 531. The first-order chi connectivity index (χ1) is 10.2. The van der Waals surface area contributed by atoms with E-state index in [0.717, 1.165) is 25.8 Å². The average molecular weight is 285 g/mol. The molecule has 3 heteroatoms. The van der Waals surface area contributed by atoms with Crippen LogP contribution >= 0.6 is 0 Å². The van der Waals surface area contributed by atoms with E-state index in [9.17, 15) is 0 Å². The van der Waals surface area contributed by atoms with Crippen LogP contribution in [0.4, 0.5) is 0 Å². The molecule has 1 aromatic heterocycles. The average Bonchev–Trinajstić information content (AvgIpc) is 2.84. The van der Waals surface area contributed by atoms with Crippen molar-refractivity contribution in [2.45, 2.75) is 45.6 Å². The molecular formula is C18H27N3. The summed E-state index contributed by atoms with van der Waals surface area (Å²) in [6.45, 7) is 5.43. The molecule has 0 amide bonds. The minimum absolute atomic E-state index is 0.419. The minimum atomic E-state index is 0.419. The van der Waals surface area contributed by atoms with Gasteiger partial charge in [0.15, 0.2) is 0 Å². The second-order valence-corrected chi connectivity index (χ2v) is 5.69. The van der Waals surface area contributed by atoms with Gasteiger partial charge in [0.1, 0.15) is 0 Å². The van der Waals surface area contributed by atoms with Gasteiger partial charge in [-0.1, -0.05) is 37.3 Å². The fraction of sp³-hybridized carbons (Fsp3) is 0.500. The second-order valence-electron chi connectivity index (χ2n) is 5.69. The van der Waals surface area contributed by atoms with Crippen molar-refractivity contribution in [1.82, 2.24) is 15.1 Å². The van der Waals surface area contributed by atoms with Crippen LogP contribution in [-0.2, 0) is 13.5 Å². The number of benzene rings is 1. The summed E-state index contributed by atoms with van der Waals surface area (Å²) in [5, 5.41) is 8.06. The van der Waals surface area contributed by atoms with E-state index in [1.807, 2.05) is 17.9 Å². The molecule has 0 saturated heterocycles. The first-order valence-electron chi connectivity index (χ1n) is 7.98. The Hall–Kier alpha value is -1.61. The van der Waals surface area contributed by atoms with Gasteiger partial charge >= 0.3 is 0 Å². The molecule has 21 heavy (non-hydrogen) atoms. The maximum Gasteiger partial charge on any atom is 0.0540 e. The van der Waals surface area contributed by atoms with Gasteiger partial charge in [0, 0.05) is 24.3 Å². The van der Waals surface area contributed by atoms with Gasteiger partial charge in [-0.2, -0.15) is 5.10 Å². The molecule has 2 aromatic rings. The van der Waals surface area contributed by atoms with E-state index in [4.69, 9.17) is 0 Å². The largest absolute Gasteiger partial charge is 0.310 e. The van der Waals surface area contributed by atoms with Crippen molar-refractivity contribution in [3.05, 3.63) is 53.3 Å². The topological polar surface area (TPSA) is 29.9 Å². The Kier molecular flexibility index (Phi) is 6.00. The molecule has 3 nitrogen and oxygen atoms in total. The Morgan fingerprint density at radius 3 is 2.62 bits per heavy atom. The van der Waals surface area contributed by atoms with Crippen molar-refractivity contribution in [3.63, 3.8) is 0 Å². The summed E-state index contributed by atoms with van der Waals surface area (Å²) < 4.78 is 1.97. The monoisotopic (exact) mass is 285 g/mol. The van der Waals surface area contributed by atoms with E-state index in [1.165, 1.54) is 23.2 Å². The van der Waals surface area contributed by atoms with Crippen LogP contribution in [0.5, 0.6) is 0 Å². The van der Waals surface area contributed by atoms with Crippen molar-refractivity contribution >= 4 is 0 Å². The lowest BCUT2D eigenvalue weighted by molar-refractivity contribution is 0.482. The van der Waals surface area contributed by atoms with E-state index in [2.05, 4.69) is 54.6 Å². The number of rotatable bonds is 8. The molecule has 1 N–H and O–H groups in total. The maximum absolute atomic E-state index is 4.39. The summed E-state index contributed by atoms with van der Waals surface area (Å²) in [5.41, 5.74) is 4.04. The Morgan fingerprint density at radius 2 is 2.00 bits per heavy atom. The molecule has 114 valence electrons.